The first-order chi connectivity index (χ1) is 8.82. The Bertz CT molecular complexity index is 484. The van der Waals surface area contributed by atoms with Crippen LogP contribution in [0.15, 0.2) is 24.3 Å². The molecule has 4 heteroatoms. The zero-order valence-corrected chi connectivity index (χ0v) is 11.5. The molecule has 0 bridgehead atoms. The Morgan fingerprint density at radius 2 is 2.16 bits per heavy atom. The molecule has 0 aliphatic carbocycles. The second kappa shape index (κ2) is 6.26. The fourth-order valence-corrected chi connectivity index (χ4v) is 1.36. The minimum atomic E-state index is -0.602. The van der Waals surface area contributed by atoms with E-state index < -0.39 is 6.10 Å². The number of rotatable bonds is 3. The first kappa shape index (κ1) is 15.1. The summed E-state index contributed by atoms with van der Waals surface area (Å²) in [5.41, 5.74) is 1.06. The predicted octanol–water partition coefficient (Wildman–Crippen LogP) is 2.20. The van der Waals surface area contributed by atoms with Crippen LogP contribution < -0.4 is 10.6 Å². The van der Waals surface area contributed by atoms with E-state index in [0.29, 0.717) is 11.3 Å². The molecule has 1 aromatic carbocycles. The highest BCUT2D eigenvalue weighted by molar-refractivity contribution is 5.89. The number of hydrogen-bond donors (Lipinski definition) is 3. The van der Waals surface area contributed by atoms with E-state index in [2.05, 4.69) is 16.6 Å². The van der Waals surface area contributed by atoms with E-state index in [1.165, 1.54) is 0 Å². The average molecular weight is 260 g/mol. The molecule has 0 fully saturated rings. The Kier molecular flexibility index (Phi) is 4.96. The number of carbonyl (C=O) groups is 1. The summed E-state index contributed by atoms with van der Waals surface area (Å²) in [6, 6.07) is 6.65. The van der Waals surface area contributed by atoms with Crippen molar-refractivity contribution in [1.82, 2.24) is 5.32 Å². The Morgan fingerprint density at radius 3 is 2.74 bits per heavy atom. The molecule has 0 aliphatic heterocycles. The minimum absolute atomic E-state index is 0.199. The summed E-state index contributed by atoms with van der Waals surface area (Å²) in [5.74, 6) is 2.50. The van der Waals surface area contributed by atoms with Crippen molar-refractivity contribution in [3.63, 3.8) is 0 Å². The number of carbonyl (C=O) groups excluding carboxylic acids is 1. The summed E-state index contributed by atoms with van der Waals surface area (Å²) in [4.78, 5) is 11.7. The third-order valence-electron chi connectivity index (χ3n) is 2.74. The van der Waals surface area contributed by atoms with Crippen LogP contribution >= 0.6 is 0 Å². The van der Waals surface area contributed by atoms with Crippen molar-refractivity contribution in [2.75, 3.05) is 11.9 Å². The smallest absolute Gasteiger partial charge is 0.319 e. The molecular formula is C15H20N2O2. The van der Waals surface area contributed by atoms with E-state index in [1.807, 2.05) is 20.8 Å². The lowest BCUT2D eigenvalue weighted by molar-refractivity contribution is 0.0654. The second-order valence-electron chi connectivity index (χ2n) is 5.44. The zero-order valence-electron chi connectivity index (χ0n) is 11.5. The summed E-state index contributed by atoms with van der Waals surface area (Å²) in [6.07, 6.45) is 4.68. The first-order valence-corrected chi connectivity index (χ1v) is 6.12. The van der Waals surface area contributed by atoms with Crippen molar-refractivity contribution >= 4 is 11.7 Å². The lowest BCUT2D eigenvalue weighted by Gasteiger charge is -2.25. The highest BCUT2D eigenvalue weighted by atomic mass is 16.3. The number of hydrogen-bond acceptors (Lipinski definition) is 2. The molecule has 2 amide bonds. The number of benzene rings is 1. The molecule has 0 saturated carbocycles. The molecule has 1 aromatic rings. The summed E-state index contributed by atoms with van der Waals surface area (Å²) >= 11 is 0. The van der Waals surface area contributed by atoms with Crippen molar-refractivity contribution in [3.8, 4) is 12.3 Å². The summed E-state index contributed by atoms with van der Waals surface area (Å²) in [7, 11) is 0. The van der Waals surface area contributed by atoms with Crippen LogP contribution in [0.3, 0.4) is 0 Å². The van der Waals surface area contributed by atoms with Gasteiger partial charge in [-0.1, -0.05) is 32.8 Å². The molecule has 19 heavy (non-hydrogen) atoms. The Labute approximate surface area is 114 Å². The van der Waals surface area contributed by atoms with Crippen molar-refractivity contribution in [3.05, 3.63) is 29.8 Å². The largest absolute Gasteiger partial charge is 0.391 e. The van der Waals surface area contributed by atoms with Gasteiger partial charge in [0.1, 0.15) is 0 Å². The standard InChI is InChI=1S/C15H20N2O2/c1-5-11-7-6-8-12(9-11)17-14(19)16-10-13(18)15(2,3)4/h1,6-9,13,18H,10H2,2-4H3,(H2,16,17,19). The van der Waals surface area contributed by atoms with E-state index in [0.717, 1.165) is 0 Å². The van der Waals surface area contributed by atoms with Crippen molar-refractivity contribution in [2.45, 2.75) is 26.9 Å². The van der Waals surface area contributed by atoms with Gasteiger partial charge in [0.05, 0.1) is 6.10 Å². The molecule has 4 nitrogen and oxygen atoms in total. The quantitative estimate of drug-likeness (QED) is 0.730. The Hall–Kier alpha value is -1.99. The maximum absolute atomic E-state index is 11.7. The van der Waals surface area contributed by atoms with Crippen molar-refractivity contribution in [1.29, 1.82) is 0 Å². The topological polar surface area (TPSA) is 61.4 Å². The number of urea groups is 1. The molecule has 1 unspecified atom stereocenters. The molecule has 0 aromatic heterocycles. The fraction of sp³-hybridized carbons (Fsp3) is 0.400. The van der Waals surface area contributed by atoms with Gasteiger partial charge in [-0.05, 0) is 23.6 Å². The molecule has 0 heterocycles. The fourth-order valence-electron chi connectivity index (χ4n) is 1.36. The molecule has 0 saturated heterocycles. The van der Waals surface area contributed by atoms with Gasteiger partial charge >= 0.3 is 6.03 Å². The van der Waals surface area contributed by atoms with Gasteiger partial charge in [-0.25, -0.2) is 4.79 Å². The van der Waals surface area contributed by atoms with Gasteiger partial charge in [0, 0.05) is 17.8 Å². The van der Waals surface area contributed by atoms with Crippen LogP contribution in [0.1, 0.15) is 26.3 Å². The molecular weight excluding hydrogens is 240 g/mol. The van der Waals surface area contributed by atoms with Crippen LogP contribution in [0.4, 0.5) is 10.5 Å². The van der Waals surface area contributed by atoms with Crippen molar-refractivity contribution < 1.29 is 9.90 Å². The molecule has 3 N–H and O–H groups in total. The lowest BCUT2D eigenvalue weighted by Crippen LogP contribution is -2.40. The third-order valence-corrected chi connectivity index (χ3v) is 2.74. The summed E-state index contributed by atoms with van der Waals surface area (Å²) in [6.45, 7) is 5.93. The van der Waals surface area contributed by atoms with Gasteiger partial charge in [0.15, 0.2) is 0 Å². The lowest BCUT2D eigenvalue weighted by atomic mass is 9.89. The molecule has 1 atom stereocenters. The van der Waals surface area contributed by atoms with Crippen LogP contribution in [0.25, 0.3) is 0 Å². The highest BCUT2D eigenvalue weighted by Crippen LogP contribution is 2.18. The van der Waals surface area contributed by atoms with E-state index in [9.17, 15) is 9.90 Å². The van der Waals surface area contributed by atoms with Crippen molar-refractivity contribution in [2.24, 2.45) is 5.41 Å². The SMILES string of the molecule is C#Cc1cccc(NC(=O)NCC(O)C(C)(C)C)c1. The minimum Gasteiger partial charge on any atom is -0.391 e. The molecule has 1 rings (SSSR count). The molecule has 0 spiro atoms. The predicted molar refractivity (Wildman–Crippen MR) is 76.9 cm³/mol. The van der Waals surface area contributed by atoms with Gasteiger partial charge < -0.3 is 15.7 Å². The van der Waals surface area contributed by atoms with E-state index in [-0.39, 0.29) is 18.0 Å². The molecule has 0 radical (unpaired) electrons. The summed E-state index contributed by atoms with van der Waals surface area (Å²) < 4.78 is 0. The van der Waals surface area contributed by atoms with Gasteiger partial charge in [-0.3, -0.25) is 0 Å². The number of aliphatic hydroxyl groups excluding tert-OH is 1. The normalized spacial score (nSPS) is 12.4. The number of nitrogens with one attached hydrogen (secondary N) is 2. The maximum Gasteiger partial charge on any atom is 0.319 e. The number of terminal acetylenes is 1. The van der Waals surface area contributed by atoms with Crippen LogP contribution in [0.2, 0.25) is 0 Å². The highest BCUT2D eigenvalue weighted by Gasteiger charge is 2.22. The molecule has 0 aliphatic rings. The van der Waals surface area contributed by atoms with Gasteiger partial charge in [-0.2, -0.15) is 0 Å². The number of amides is 2. The van der Waals surface area contributed by atoms with Crippen LogP contribution in [0, 0.1) is 17.8 Å². The monoisotopic (exact) mass is 260 g/mol. The second-order valence-corrected chi connectivity index (χ2v) is 5.44. The Balaban J connectivity index is 2.50. The van der Waals surface area contributed by atoms with Gasteiger partial charge in [0.25, 0.3) is 0 Å². The first-order valence-electron chi connectivity index (χ1n) is 6.12. The average Bonchev–Trinajstić information content (AvgIpc) is 2.35. The Morgan fingerprint density at radius 1 is 1.47 bits per heavy atom. The van der Waals surface area contributed by atoms with Crippen LogP contribution in [-0.4, -0.2) is 23.8 Å². The van der Waals surface area contributed by atoms with E-state index in [4.69, 9.17) is 6.42 Å². The third kappa shape index (κ3) is 5.02. The van der Waals surface area contributed by atoms with Crippen LogP contribution in [-0.2, 0) is 0 Å². The maximum atomic E-state index is 11.7. The van der Waals surface area contributed by atoms with Gasteiger partial charge in [-0.15, -0.1) is 6.42 Å². The van der Waals surface area contributed by atoms with Crippen LogP contribution in [0.5, 0.6) is 0 Å². The number of anilines is 1. The zero-order chi connectivity index (χ0) is 14.5. The van der Waals surface area contributed by atoms with E-state index >= 15 is 0 Å². The summed E-state index contributed by atoms with van der Waals surface area (Å²) in [5, 5.41) is 15.1. The van der Waals surface area contributed by atoms with E-state index in [1.54, 1.807) is 24.3 Å². The number of aliphatic hydroxyl groups is 1. The molecule has 102 valence electrons. The van der Waals surface area contributed by atoms with Gasteiger partial charge in [0.2, 0.25) is 0 Å².